The number of aromatic nitrogens is 1. The second-order valence-electron chi connectivity index (χ2n) is 2.72. The molecular formula is C8H11NO2S. The van der Waals surface area contributed by atoms with Crippen molar-refractivity contribution in [3.63, 3.8) is 0 Å². The number of hydrogen-bond acceptors (Lipinski definition) is 4. The number of esters is 1. The summed E-state index contributed by atoms with van der Waals surface area (Å²) in [6.07, 6.45) is 0. The third-order valence-corrected chi connectivity index (χ3v) is 2.56. The molecule has 0 atom stereocenters. The number of thiazole rings is 1. The van der Waals surface area contributed by atoms with Gasteiger partial charge in [-0.3, -0.25) is 0 Å². The minimum absolute atomic E-state index is 0.363. The Morgan fingerprint density at radius 2 is 2.33 bits per heavy atom. The van der Waals surface area contributed by atoms with Gasteiger partial charge in [-0.2, -0.15) is 0 Å². The molecule has 0 unspecified atom stereocenters. The minimum Gasteiger partial charge on any atom is -0.464 e. The first-order valence-corrected chi connectivity index (χ1v) is 4.57. The summed E-state index contributed by atoms with van der Waals surface area (Å²) >= 11 is 1.49. The van der Waals surface area contributed by atoms with Crippen LogP contribution in [0.25, 0.3) is 0 Å². The molecular weight excluding hydrogens is 174 g/mol. The smallest absolute Gasteiger partial charge is 0.357 e. The van der Waals surface area contributed by atoms with Crippen LogP contribution in [0.15, 0.2) is 5.38 Å². The van der Waals surface area contributed by atoms with E-state index in [1.807, 2.05) is 13.8 Å². The third-order valence-electron chi connectivity index (χ3n) is 1.41. The minimum atomic E-state index is -0.363. The Bertz CT molecular complexity index is 280. The lowest BCUT2D eigenvalue weighted by molar-refractivity contribution is 0.0594. The second-order valence-corrected chi connectivity index (χ2v) is 3.61. The van der Waals surface area contributed by atoms with E-state index in [0.717, 1.165) is 5.01 Å². The van der Waals surface area contributed by atoms with Gasteiger partial charge in [0.1, 0.15) is 0 Å². The molecule has 1 heterocycles. The summed E-state index contributed by atoms with van der Waals surface area (Å²) in [5.41, 5.74) is 0.409. The van der Waals surface area contributed by atoms with Crippen LogP contribution in [0.3, 0.4) is 0 Å². The van der Waals surface area contributed by atoms with Crippen LogP contribution in [0.1, 0.15) is 35.3 Å². The Morgan fingerprint density at radius 3 is 2.75 bits per heavy atom. The van der Waals surface area contributed by atoms with Gasteiger partial charge in [-0.05, 0) is 0 Å². The molecule has 0 spiro atoms. The maximum absolute atomic E-state index is 11.0. The van der Waals surface area contributed by atoms with Crippen LogP contribution >= 0.6 is 11.3 Å². The summed E-state index contributed by atoms with van der Waals surface area (Å²) in [7, 11) is 1.36. The maximum Gasteiger partial charge on any atom is 0.357 e. The number of hydrogen-bond donors (Lipinski definition) is 0. The number of nitrogens with zero attached hydrogens (tertiary/aromatic N) is 1. The quantitative estimate of drug-likeness (QED) is 0.662. The Kier molecular flexibility index (Phi) is 2.81. The Labute approximate surface area is 75.4 Å². The molecule has 0 amide bonds. The van der Waals surface area contributed by atoms with Crippen LogP contribution in [-0.4, -0.2) is 18.1 Å². The predicted octanol–water partition coefficient (Wildman–Crippen LogP) is 2.05. The lowest BCUT2D eigenvalue weighted by Gasteiger charge is -1.96. The van der Waals surface area contributed by atoms with E-state index in [0.29, 0.717) is 11.6 Å². The van der Waals surface area contributed by atoms with Crippen molar-refractivity contribution in [3.8, 4) is 0 Å². The standard InChI is InChI=1S/C8H11NO2S/c1-5(2)7-9-6(4-12-7)8(10)11-3/h4-5H,1-3H3. The summed E-state index contributed by atoms with van der Waals surface area (Å²) in [6.45, 7) is 4.08. The molecule has 1 aromatic heterocycles. The van der Waals surface area contributed by atoms with E-state index in [1.165, 1.54) is 18.4 Å². The Morgan fingerprint density at radius 1 is 1.67 bits per heavy atom. The van der Waals surface area contributed by atoms with Gasteiger partial charge >= 0.3 is 5.97 Å². The highest BCUT2D eigenvalue weighted by molar-refractivity contribution is 7.09. The summed E-state index contributed by atoms with van der Waals surface area (Å²) < 4.78 is 4.53. The Hall–Kier alpha value is -0.900. The first-order valence-electron chi connectivity index (χ1n) is 3.69. The molecule has 0 aliphatic carbocycles. The first-order chi connectivity index (χ1) is 5.65. The van der Waals surface area contributed by atoms with Gasteiger partial charge in [-0.25, -0.2) is 9.78 Å². The molecule has 0 N–H and O–H groups in total. The van der Waals surface area contributed by atoms with Crippen molar-refractivity contribution in [2.24, 2.45) is 0 Å². The molecule has 1 rings (SSSR count). The molecule has 0 saturated heterocycles. The predicted molar refractivity (Wildman–Crippen MR) is 47.5 cm³/mol. The lowest BCUT2D eigenvalue weighted by atomic mass is 10.2. The third kappa shape index (κ3) is 1.82. The summed E-state index contributed by atoms with van der Waals surface area (Å²) in [4.78, 5) is 15.1. The van der Waals surface area contributed by atoms with Crippen molar-refractivity contribution >= 4 is 17.3 Å². The molecule has 4 heteroatoms. The van der Waals surface area contributed by atoms with E-state index in [9.17, 15) is 4.79 Å². The monoisotopic (exact) mass is 185 g/mol. The highest BCUT2D eigenvalue weighted by Crippen LogP contribution is 2.19. The second kappa shape index (κ2) is 3.67. The average Bonchev–Trinajstić information content (AvgIpc) is 2.51. The largest absolute Gasteiger partial charge is 0.464 e. The fourth-order valence-electron chi connectivity index (χ4n) is 0.751. The molecule has 3 nitrogen and oxygen atoms in total. The molecule has 0 aliphatic heterocycles. The van der Waals surface area contributed by atoms with Crippen molar-refractivity contribution in [3.05, 3.63) is 16.1 Å². The maximum atomic E-state index is 11.0. The van der Waals surface area contributed by atoms with E-state index in [4.69, 9.17) is 0 Å². The van der Waals surface area contributed by atoms with Gasteiger partial charge in [0, 0.05) is 11.3 Å². The van der Waals surface area contributed by atoms with Crippen LogP contribution in [0.4, 0.5) is 0 Å². The lowest BCUT2D eigenvalue weighted by Crippen LogP contribution is -2.01. The molecule has 0 aliphatic rings. The van der Waals surface area contributed by atoms with Gasteiger partial charge in [-0.15, -0.1) is 11.3 Å². The fraction of sp³-hybridized carbons (Fsp3) is 0.500. The van der Waals surface area contributed by atoms with Crippen LogP contribution in [0.5, 0.6) is 0 Å². The van der Waals surface area contributed by atoms with Crippen LogP contribution in [0, 0.1) is 0 Å². The average molecular weight is 185 g/mol. The number of rotatable bonds is 2. The van der Waals surface area contributed by atoms with Crippen LogP contribution in [0.2, 0.25) is 0 Å². The number of methoxy groups -OCH3 is 1. The van der Waals surface area contributed by atoms with Gasteiger partial charge in [0.2, 0.25) is 0 Å². The Balaban J connectivity index is 2.84. The van der Waals surface area contributed by atoms with E-state index in [1.54, 1.807) is 5.38 Å². The van der Waals surface area contributed by atoms with Crippen molar-refractivity contribution in [1.82, 2.24) is 4.98 Å². The van der Waals surface area contributed by atoms with Gasteiger partial charge < -0.3 is 4.74 Å². The molecule has 0 bridgehead atoms. The molecule has 1 aromatic rings. The normalized spacial score (nSPS) is 10.3. The van der Waals surface area contributed by atoms with Crippen molar-refractivity contribution < 1.29 is 9.53 Å². The molecule has 0 radical (unpaired) electrons. The molecule has 12 heavy (non-hydrogen) atoms. The van der Waals surface area contributed by atoms with Gasteiger partial charge in [0.05, 0.1) is 12.1 Å². The zero-order chi connectivity index (χ0) is 9.14. The highest BCUT2D eigenvalue weighted by Gasteiger charge is 2.11. The van der Waals surface area contributed by atoms with Crippen LogP contribution < -0.4 is 0 Å². The highest BCUT2D eigenvalue weighted by atomic mass is 32.1. The van der Waals surface area contributed by atoms with E-state index in [-0.39, 0.29) is 5.97 Å². The molecule has 0 saturated carbocycles. The summed E-state index contributed by atoms with van der Waals surface area (Å²) in [6, 6.07) is 0. The zero-order valence-electron chi connectivity index (χ0n) is 7.33. The van der Waals surface area contributed by atoms with E-state index >= 15 is 0 Å². The topological polar surface area (TPSA) is 39.2 Å². The summed E-state index contributed by atoms with van der Waals surface area (Å²) in [5.74, 6) is 0.00607. The number of carbonyl (C=O) groups is 1. The van der Waals surface area contributed by atoms with Crippen molar-refractivity contribution in [2.75, 3.05) is 7.11 Å². The van der Waals surface area contributed by atoms with Gasteiger partial charge in [-0.1, -0.05) is 13.8 Å². The summed E-state index contributed by atoms with van der Waals surface area (Å²) in [5, 5.41) is 2.69. The van der Waals surface area contributed by atoms with Crippen molar-refractivity contribution in [2.45, 2.75) is 19.8 Å². The number of carbonyl (C=O) groups excluding carboxylic acids is 1. The first kappa shape index (κ1) is 9.19. The SMILES string of the molecule is COC(=O)c1csc(C(C)C)n1. The molecule has 66 valence electrons. The van der Waals surface area contributed by atoms with Crippen molar-refractivity contribution in [1.29, 1.82) is 0 Å². The van der Waals surface area contributed by atoms with E-state index < -0.39 is 0 Å². The number of ether oxygens (including phenoxy) is 1. The molecule has 0 fully saturated rings. The van der Waals surface area contributed by atoms with Crippen LogP contribution in [-0.2, 0) is 4.74 Å². The van der Waals surface area contributed by atoms with E-state index in [2.05, 4.69) is 9.72 Å². The fourth-order valence-corrected chi connectivity index (χ4v) is 1.56. The zero-order valence-corrected chi connectivity index (χ0v) is 8.14. The van der Waals surface area contributed by atoms with Gasteiger partial charge in [0.25, 0.3) is 0 Å². The molecule has 0 aromatic carbocycles. The van der Waals surface area contributed by atoms with Gasteiger partial charge in [0.15, 0.2) is 5.69 Å².